The van der Waals surface area contributed by atoms with E-state index in [1.54, 1.807) is 28.0 Å². The van der Waals surface area contributed by atoms with Crippen LogP contribution >= 0.6 is 11.3 Å². The number of aliphatic hydroxyl groups excluding tert-OH is 1. The van der Waals surface area contributed by atoms with E-state index >= 15 is 0 Å². The predicted molar refractivity (Wildman–Crippen MR) is 120 cm³/mol. The lowest BCUT2D eigenvalue weighted by molar-refractivity contribution is 0.120. The molecule has 3 aromatic rings. The Hall–Kier alpha value is -2.01. The summed E-state index contributed by atoms with van der Waals surface area (Å²) in [5.41, 5.74) is 2.28. The number of methoxy groups -OCH3 is 1. The number of aliphatic hydroxyl groups is 1. The van der Waals surface area contributed by atoms with Gasteiger partial charge in [0.1, 0.15) is 15.7 Å². The number of ether oxygens (including phenoxy) is 1. The number of benzene rings is 1. The summed E-state index contributed by atoms with van der Waals surface area (Å²) in [6.45, 7) is 6.06. The summed E-state index contributed by atoms with van der Waals surface area (Å²) in [6.07, 6.45) is 2.07. The average Bonchev–Trinajstić information content (AvgIpc) is 3.26. The minimum absolute atomic E-state index is 0.0901. The van der Waals surface area contributed by atoms with Crippen molar-refractivity contribution in [2.45, 2.75) is 69.4 Å². The first kappa shape index (κ1) is 22.2. The van der Waals surface area contributed by atoms with Gasteiger partial charge in [-0.25, -0.2) is 22.6 Å². The normalized spacial score (nSPS) is 19.9. The number of hydrogen-bond donors (Lipinski definition) is 2. The second-order valence-corrected chi connectivity index (χ2v) is 11.0. The smallest absolute Gasteiger partial charge is 0.244 e. The lowest BCUT2D eigenvalue weighted by Crippen LogP contribution is -2.38. The highest BCUT2D eigenvalue weighted by Crippen LogP contribution is 2.34. The third kappa shape index (κ3) is 4.34. The largest absolute Gasteiger partial charge is 0.495 e. The molecule has 168 valence electrons. The van der Waals surface area contributed by atoms with Gasteiger partial charge in [0.15, 0.2) is 0 Å². The predicted octanol–water partition coefficient (Wildman–Crippen LogP) is 3.48. The van der Waals surface area contributed by atoms with Crippen molar-refractivity contribution < 1.29 is 18.3 Å². The number of fused-ring (bicyclic) bond motifs is 1. The summed E-state index contributed by atoms with van der Waals surface area (Å²) in [7, 11) is -2.35. The van der Waals surface area contributed by atoms with Crippen molar-refractivity contribution in [3.05, 3.63) is 28.9 Å². The zero-order valence-corrected chi connectivity index (χ0v) is 19.8. The highest BCUT2D eigenvalue weighted by atomic mass is 32.2. The molecule has 1 aromatic carbocycles. The van der Waals surface area contributed by atoms with Gasteiger partial charge in [-0.15, -0.1) is 0 Å². The van der Waals surface area contributed by atoms with Crippen molar-refractivity contribution in [2.75, 3.05) is 7.11 Å². The van der Waals surface area contributed by atoms with Gasteiger partial charge in [0.2, 0.25) is 15.0 Å². The molecule has 1 saturated carbocycles. The van der Waals surface area contributed by atoms with Crippen molar-refractivity contribution in [3.8, 4) is 17.0 Å². The highest BCUT2D eigenvalue weighted by Gasteiger charge is 2.28. The maximum atomic E-state index is 13.2. The molecule has 31 heavy (non-hydrogen) atoms. The molecule has 10 heteroatoms. The Balaban J connectivity index is 1.74. The average molecular weight is 465 g/mol. The van der Waals surface area contributed by atoms with Crippen LogP contribution in [-0.2, 0) is 10.0 Å². The Morgan fingerprint density at radius 1 is 1.26 bits per heavy atom. The third-order valence-corrected chi connectivity index (χ3v) is 8.38. The molecule has 0 unspecified atom stereocenters. The lowest BCUT2D eigenvalue weighted by atomic mass is 9.94. The van der Waals surface area contributed by atoms with Crippen LogP contribution in [0.1, 0.15) is 56.2 Å². The van der Waals surface area contributed by atoms with Gasteiger partial charge in [0.25, 0.3) is 0 Å². The molecule has 8 nitrogen and oxygen atoms in total. The maximum absolute atomic E-state index is 13.2. The standard InChI is InChI=1S/C21H28N4O4S2/c1-12(2)20-23-25-19(13(3)22-21(25)30-20)14-5-10-17(29-4)18(11-14)31(27,28)24-15-6-8-16(26)9-7-15/h5,10-12,15-16,24,26H,6-9H2,1-4H3. The second kappa shape index (κ2) is 8.50. The topological polar surface area (TPSA) is 106 Å². The quantitative estimate of drug-likeness (QED) is 0.579. The SMILES string of the molecule is COc1ccc(-c2c(C)nc3sc(C(C)C)nn23)cc1S(=O)(=O)NC1CCC(O)CC1. The Kier molecular flexibility index (Phi) is 6.08. The maximum Gasteiger partial charge on any atom is 0.244 e. The van der Waals surface area contributed by atoms with E-state index in [-0.39, 0.29) is 28.7 Å². The summed E-state index contributed by atoms with van der Waals surface area (Å²) in [6, 6.07) is 4.93. The number of rotatable bonds is 6. The molecule has 2 N–H and O–H groups in total. The molecule has 2 aromatic heterocycles. The van der Waals surface area contributed by atoms with Crippen LogP contribution in [0.2, 0.25) is 0 Å². The molecule has 1 fully saturated rings. The Morgan fingerprint density at radius 2 is 1.97 bits per heavy atom. The summed E-state index contributed by atoms with van der Waals surface area (Å²) in [5.74, 6) is 0.566. The Morgan fingerprint density at radius 3 is 2.61 bits per heavy atom. The van der Waals surface area contributed by atoms with E-state index in [0.29, 0.717) is 31.2 Å². The van der Waals surface area contributed by atoms with E-state index in [9.17, 15) is 13.5 Å². The van der Waals surface area contributed by atoms with Crippen LogP contribution in [-0.4, -0.2) is 47.4 Å². The van der Waals surface area contributed by atoms with E-state index in [2.05, 4.69) is 23.6 Å². The fraction of sp³-hybridized carbons (Fsp3) is 0.524. The second-order valence-electron chi connectivity index (χ2n) is 8.33. The van der Waals surface area contributed by atoms with Crippen LogP contribution in [0.15, 0.2) is 23.1 Å². The molecule has 0 spiro atoms. The van der Waals surface area contributed by atoms with Crippen molar-refractivity contribution >= 4 is 26.3 Å². The van der Waals surface area contributed by atoms with Gasteiger partial charge >= 0.3 is 0 Å². The van der Waals surface area contributed by atoms with Crippen molar-refractivity contribution in [3.63, 3.8) is 0 Å². The number of nitrogens with zero attached hydrogens (tertiary/aromatic N) is 3. The van der Waals surface area contributed by atoms with Crippen molar-refractivity contribution in [2.24, 2.45) is 0 Å². The van der Waals surface area contributed by atoms with Crippen LogP contribution in [0.25, 0.3) is 16.2 Å². The first-order valence-electron chi connectivity index (χ1n) is 10.4. The monoisotopic (exact) mass is 464 g/mol. The molecule has 1 aliphatic carbocycles. The molecule has 0 radical (unpaired) electrons. The fourth-order valence-electron chi connectivity index (χ4n) is 3.94. The third-order valence-electron chi connectivity index (χ3n) is 5.63. The number of aromatic nitrogens is 3. The number of imidazole rings is 1. The molecule has 0 atom stereocenters. The fourth-order valence-corrected chi connectivity index (χ4v) is 6.39. The summed E-state index contributed by atoms with van der Waals surface area (Å²) in [5, 5.41) is 15.4. The highest BCUT2D eigenvalue weighted by molar-refractivity contribution is 7.89. The Labute approximate surface area is 186 Å². The van der Waals surface area contributed by atoms with E-state index in [4.69, 9.17) is 9.84 Å². The van der Waals surface area contributed by atoms with Gasteiger partial charge in [0, 0.05) is 17.5 Å². The molecule has 0 aliphatic heterocycles. The first-order valence-corrected chi connectivity index (χ1v) is 12.7. The zero-order valence-electron chi connectivity index (χ0n) is 18.1. The number of sulfonamides is 1. The van der Waals surface area contributed by atoms with E-state index < -0.39 is 10.0 Å². The minimum atomic E-state index is -3.81. The van der Waals surface area contributed by atoms with Crippen LogP contribution in [0, 0.1) is 6.92 Å². The summed E-state index contributed by atoms with van der Waals surface area (Å²) < 4.78 is 36.4. The van der Waals surface area contributed by atoms with Gasteiger partial charge < -0.3 is 9.84 Å². The number of nitrogens with one attached hydrogen (secondary N) is 1. The van der Waals surface area contributed by atoms with E-state index in [1.807, 2.05) is 13.0 Å². The van der Waals surface area contributed by atoms with Crippen LogP contribution in [0.3, 0.4) is 0 Å². The van der Waals surface area contributed by atoms with Gasteiger partial charge in [0.05, 0.1) is 24.6 Å². The molecule has 0 amide bonds. The van der Waals surface area contributed by atoms with Crippen LogP contribution in [0.4, 0.5) is 0 Å². The van der Waals surface area contributed by atoms with Crippen molar-refractivity contribution in [1.29, 1.82) is 0 Å². The van der Waals surface area contributed by atoms with E-state index in [1.165, 1.54) is 7.11 Å². The summed E-state index contributed by atoms with van der Waals surface area (Å²) in [4.78, 5) is 5.50. The van der Waals surface area contributed by atoms with Gasteiger partial charge in [-0.05, 0) is 50.8 Å². The molecule has 0 bridgehead atoms. The van der Waals surface area contributed by atoms with Gasteiger partial charge in [-0.1, -0.05) is 25.2 Å². The Bertz CT molecular complexity index is 1190. The molecule has 0 saturated heterocycles. The molecular formula is C21H28N4O4S2. The van der Waals surface area contributed by atoms with E-state index in [0.717, 1.165) is 21.4 Å². The van der Waals surface area contributed by atoms with Crippen LogP contribution in [0.5, 0.6) is 5.75 Å². The van der Waals surface area contributed by atoms with Gasteiger partial charge in [-0.3, -0.25) is 0 Å². The van der Waals surface area contributed by atoms with Crippen LogP contribution < -0.4 is 9.46 Å². The number of hydrogen-bond acceptors (Lipinski definition) is 7. The molecule has 1 aliphatic rings. The lowest BCUT2D eigenvalue weighted by Gasteiger charge is -2.26. The summed E-state index contributed by atoms with van der Waals surface area (Å²) >= 11 is 1.54. The molecule has 2 heterocycles. The first-order chi connectivity index (χ1) is 14.7. The number of aryl methyl sites for hydroxylation is 1. The van der Waals surface area contributed by atoms with Gasteiger partial charge in [-0.2, -0.15) is 5.10 Å². The molecule has 4 rings (SSSR count). The minimum Gasteiger partial charge on any atom is -0.495 e. The molecular weight excluding hydrogens is 436 g/mol. The van der Waals surface area contributed by atoms with Crippen molar-refractivity contribution in [1.82, 2.24) is 19.3 Å². The zero-order chi connectivity index (χ0) is 22.3.